The van der Waals surface area contributed by atoms with Gasteiger partial charge in [0.1, 0.15) is 11.4 Å². The van der Waals surface area contributed by atoms with Crippen molar-refractivity contribution in [3.8, 4) is 28.1 Å². The molecule has 4 aromatic rings. The second-order valence-electron chi connectivity index (χ2n) is 6.93. The smallest absolute Gasteiger partial charge is 0.239 e. The fraction of sp³-hybridized carbons (Fsp3) is 0.125. The third kappa shape index (κ3) is 4.29. The van der Waals surface area contributed by atoms with E-state index in [9.17, 15) is 4.79 Å². The molecule has 2 aromatic carbocycles. The topological polar surface area (TPSA) is 77.3 Å². The van der Waals surface area contributed by atoms with Crippen molar-refractivity contribution in [3.05, 3.63) is 83.6 Å². The van der Waals surface area contributed by atoms with Crippen LogP contribution in [0.4, 0.5) is 5.88 Å². The largest absolute Gasteiger partial charge is 0.497 e. The van der Waals surface area contributed by atoms with E-state index in [-0.39, 0.29) is 11.8 Å². The second-order valence-corrected chi connectivity index (χ2v) is 7.34. The van der Waals surface area contributed by atoms with Crippen LogP contribution in [0.5, 0.6) is 5.75 Å². The number of benzene rings is 2. The van der Waals surface area contributed by atoms with Crippen LogP contribution in [0.15, 0.2) is 77.6 Å². The first-order chi connectivity index (χ1) is 15.1. The quantitative estimate of drug-likeness (QED) is 0.415. The number of ether oxygens (including phenoxy) is 1. The Labute approximate surface area is 184 Å². The highest BCUT2D eigenvalue weighted by molar-refractivity contribution is 6.31. The van der Waals surface area contributed by atoms with Crippen LogP contribution < -0.4 is 10.1 Å². The number of anilines is 1. The van der Waals surface area contributed by atoms with Crippen LogP contribution in [-0.4, -0.2) is 23.2 Å². The predicted molar refractivity (Wildman–Crippen MR) is 120 cm³/mol. The molecule has 1 N–H and O–H groups in total. The zero-order valence-electron chi connectivity index (χ0n) is 17.0. The molecule has 4 rings (SSSR count). The number of rotatable bonds is 6. The lowest BCUT2D eigenvalue weighted by molar-refractivity contribution is -0.117. The normalized spacial score (nSPS) is 11.7. The first-order valence-electron chi connectivity index (χ1n) is 9.68. The van der Waals surface area contributed by atoms with Gasteiger partial charge in [0.2, 0.25) is 11.8 Å². The number of nitrogens with zero attached hydrogens (tertiary/aromatic N) is 2. The molecular weight excluding hydrogens is 414 g/mol. The van der Waals surface area contributed by atoms with E-state index in [2.05, 4.69) is 15.5 Å². The molecule has 0 spiro atoms. The number of carbonyl (C=O) groups excluding carboxylic acids is 1. The van der Waals surface area contributed by atoms with E-state index in [0.717, 1.165) is 22.4 Å². The molecule has 0 aliphatic heterocycles. The van der Waals surface area contributed by atoms with Crippen LogP contribution in [0.25, 0.3) is 22.4 Å². The van der Waals surface area contributed by atoms with Gasteiger partial charge in [-0.1, -0.05) is 35.0 Å². The lowest BCUT2D eigenvalue weighted by atomic mass is 9.99. The van der Waals surface area contributed by atoms with Gasteiger partial charge in [0, 0.05) is 23.0 Å². The van der Waals surface area contributed by atoms with Crippen molar-refractivity contribution >= 4 is 23.4 Å². The van der Waals surface area contributed by atoms with Gasteiger partial charge in [-0.05, 0) is 60.5 Å². The van der Waals surface area contributed by atoms with Crippen molar-refractivity contribution in [3.63, 3.8) is 0 Å². The Balaban J connectivity index is 1.71. The Kier molecular flexibility index (Phi) is 6.00. The van der Waals surface area contributed by atoms with Crippen molar-refractivity contribution in [2.75, 3.05) is 12.4 Å². The van der Waals surface area contributed by atoms with Gasteiger partial charge in [0.25, 0.3) is 0 Å². The molecule has 0 aliphatic rings. The summed E-state index contributed by atoms with van der Waals surface area (Å²) >= 11 is 6.27. The highest BCUT2D eigenvalue weighted by Crippen LogP contribution is 2.38. The number of pyridine rings is 1. The van der Waals surface area contributed by atoms with Crippen LogP contribution in [0.2, 0.25) is 5.02 Å². The van der Waals surface area contributed by atoms with Crippen molar-refractivity contribution in [1.29, 1.82) is 0 Å². The van der Waals surface area contributed by atoms with Gasteiger partial charge in [-0.3, -0.25) is 15.1 Å². The minimum Gasteiger partial charge on any atom is -0.497 e. The number of halogens is 1. The fourth-order valence-corrected chi connectivity index (χ4v) is 3.59. The predicted octanol–water partition coefficient (Wildman–Crippen LogP) is 5.81. The van der Waals surface area contributed by atoms with Gasteiger partial charge in [-0.25, -0.2) is 0 Å². The molecule has 1 unspecified atom stereocenters. The number of amides is 1. The minimum atomic E-state index is -0.478. The van der Waals surface area contributed by atoms with Gasteiger partial charge in [0.05, 0.1) is 18.6 Å². The molecule has 156 valence electrons. The maximum absolute atomic E-state index is 13.0. The molecule has 0 saturated heterocycles. The van der Waals surface area contributed by atoms with Crippen LogP contribution in [0.1, 0.15) is 18.4 Å². The van der Waals surface area contributed by atoms with Crippen molar-refractivity contribution in [2.45, 2.75) is 12.8 Å². The highest BCUT2D eigenvalue weighted by Gasteiger charge is 2.24. The molecule has 0 saturated carbocycles. The lowest BCUT2D eigenvalue weighted by Gasteiger charge is -2.13. The highest BCUT2D eigenvalue weighted by atomic mass is 35.5. The summed E-state index contributed by atoms with van der Waals surface area (Å²) in [6.07, 6.45) is 3.36. The number of nitrogens with one attached hydrogen (secondary N) is 1. The molecule has 1 amide bonds. The molecule has 0 bridgehead atoms. The lowest BCUT2D eigenvalue weighted by Crippen LogP contribution is -2.19. The van der Waals surface area contributed by atoms with Crippen molar-refractivity contribution in [1.82, 2.24) is 10.1 Å². The SMILES string of the molecule is COc1ccc(-c2noc(NC(=O)C(C)c3ccccc3Cl)c2-c2ccncc2)cc1. The molecular formula is C24H20ClN3O3. The molecule has 1 atom stereocenters. The summed E-state index contributed by atoms with van der Waals surface area (Å²) in [6, 6.07) is 18.4. The standard InChI is InChI=1S/C24H20ClN3O3/c1-15(19-5-3-4-6-20(19)25)23(29)27-24-21(16-11-13-26-14-12-16)22(28-31-24)17-7-9-18(30-2)10-8-17/h3-15H,1-2H3,(H,27,29). The van der Waals surface area contributed by atoms with Crippen molar-refractivity contribution < 1.29 is 14.1 Å². The number of hydrogen-bond acceptors (Lipinski definition) is 5. The first-order valence-corrected chi connectivity index (χ1v) is 10.1. The summed E-state index contributed by atoms with van der Waals surface area (Å²) in [5, 5.41) is 7.66. The van der Waals surface area contributed by atoms with E-state index in [1.165, 1.54) is 0 Å². The van der Waals surface area contributed by atoms with E-state index >= 15 is 0 Å². The van der Waals surface area contributed by atoms with Gasteiger partial charge >= 0.3 is 0 Å². The monoisotopic (exact) mass is 433 g/mol. The molecule has 0 fully saturated rings. The van der Waals surface area contributed by atoms with Gasteiger partial charge in [-0.2, -0.15) is 0 Å². The van der Waals surface area contributed by atoms with E-state index < -0.39 is 5.92 Å². The minimum absolute atomic E-state index is 0.249. The second kappa shape index (κ2) is 9.02. The molecule has 7 heteroatoms. The van der Waals surface area contributed by atoms with Crippen LogP contribution >= 0.6 is 11.6 Å². The van der Waals surface area contributed by atoms with Crippen molar-refractivity contribution in [2.24, 2.45) is 0 Å². The van der Waals surface area contributed by atoms with E-state index in [4.69, 9.17) is 20.9 Å². The van der Waals surface area contributed by atoms with Crippen LogP contribution in [-0.2, 0) is 4.79 Å². The molecule has 2 aromatic heterocycles. The Bertz CT molecular complexity index is 1190. The summed E-state index contributed by atoms with van der Waals surface area (Å²) in [4.78, 5) is 17.1. The van der Waals surface area contributed by atoms with E-state index in [1.54, 1.807) is 32.5 Å². The maximum Gasteiger partial charge on any atom is 0.239 e. The Hall–Kier alpha value is -3.64. The van der Waals surface area contributed by atoms with Gasteiger partial charge < -0.3 is 9.26 Å². The van der Waals surface area contributed by atoms with Gasteiger partial charge in [0.15, 0.2) is 0 Å². The summed E-state index contributed by atoms with van der Waals surface area (Å²) in [6.45, 7) is 1.80. The Morgan fingerprint density at radius 2 is 1.74 bits per heavy atom. The summed E-state index contributed by atoms with van der Waals surface area (Å²) in [5.41, 5.74) is 3.67. The number of aromatic nitrogens is 2. The number of hydrogen-bond donors (Lipinski definition) is 1. The molecule has 2 heterocycles. The Morgan fingerprint density at radius 1 is 1.03 bits per heavy atom. The zero-order valence-corrected chi connectivity index (χ0v) is 17.8. The summed E-state index contributed by atoms with van der Waals surface area (Å²) in [7, 11) is 1.61. The third-order valence-corrected chi connectivity index (χ3v) is 5.37. The van der Waals surface area contributed by atoms with Crippen LogP contribution in [0, 0.1) is 0 Å². The maximum atomic E-state index is 13.0. The first kappa shape index (κ1) is 20.6. The zero-order chi connectivity index (χ0) is 21.8. The van der Waals surface area contributed by atoms with E-state index in [0.29, 0.717) is 16.3 Å². The molecule has 0 radical (unpaired) electrons. The van der Waals surface area contributed by atoms with E-state index in [1.807, 2.05) is 54.6 Å². The average Bonchev–Trinajstić information content (AvgIpc) is 3.23. The fourth-order valence-electron chi connectivity index (χ4n) is 3.30. The molecule has 6 nitrogen and oxygen atoms in total. The molecule has 31 heavy (non-hydrogen) atoms. The molecule has 0 aliphatic carbocycles. The number of carbonyl (C=O) groups is 1. The summed E-state index contributed by atoms with van der Waals surface area (Å²) in [5.74, 6) is 0.273. The number of methoxy groups -OCH3 is 1. The van der Waals surface area contributed by atoms with Gasteiger partial charge in [-0.15, -0.1) is 0 Å². The third-order valence-electron chi connectivity index (χ3n) is 5.03. The Morgan fingerprint density at radius 3 is 2.42 bits per heavy atom. The average molecular weight is 434 g/mol. The van der Waals surface area contributed by atoms with Crippen LogP contribution in [0.3, 0.4) is 0 Å². The summed E-state index contributed by atoms with van der Waals surface area (Å²) < 4.78 is 10.8.